The fourth-order valence-electron chi connectivity index (χ4n) is 4.19. The van der Waals surface area contributed by atoms with E-state index >= 15 is 0 Å². The molecule has 3 rings (SSSR count). The Morgan fingerprint density at radius 2 is 2.24 bits per heavy atom. The van der Waals surface area contributed by atoms with Crippen LogP contribution in [0.4, 0.5) is 0 Å². The van der Waals surface area contributed by atoms with E-state index in [-0.39, 0.29) is 0 Å². The number of likely N-dealkylation sites (tertiary alicyclic amines) is 1. The van der Waals surface area contributed by atoms with E-state index in [9.17, 15) is 0 Å². The van der Waals surface area contributed by atoms with Gasteiger partial charge < -0.3 is 4.90 Å². The van der Waals surface area contributed by atoms with Crippen molar-refractivity contribution in [2.45, 2.75) is 38.5 Å². The van der Waals surface area contributed by atoms with Crippen molar-refractivity contribution in [3.05, 3.63) is 34.9 Å². The fourth-order valence-corrected chi connectivity index (χ4v) is 4.19. The van der Waals surface area contributed by atoms with Crippen LogP contribution in [-0.4, -0.2) is 25.0 Å². The zero-order chi connectivity index (χ0) is 12.0. The minimum absolute atomic E-state index is 0.453. The molecule has 0 aromatic heterocycles. The minimum atomic E-state index is 0.453. The highest BCUT2D eigenvalue weighted by molar-refractivity contribution is 5.42. The average Bonchev–Trinajstić information content (AvgIpc) is 2.66. The third-order valence-corrected chi connectivity index (χ3v) is 5.06. The van der Waals surface area contributed by atoms with Crippen LogP contribution in [0.25, 0.3) is 0 Å². The molecule has 1 unspecified atom stereocenters. The van der Waals surface area contributed by atoms with Crippen LogP contribution in [0.2, 0.25) is 0 Å². The Balaban J connectivity index is 2.14. The molecule has 0 N–H and O–H groups in total. The van der Waals surface area contributed by atoms with Crippen LogP contribution in [0.15, 0.2) is 18.2 Å². The monoisotopic (exact) mass is 229 g/mol. The van der Waals surface area contributed by atoms with Gasteiger partial charge in [-0.2, -0.15) is 0 Å². The van der Waals surface area contributed by atoms with Gasteiger partial charge in [-0.3, -0.25) is 0 Å². The molecule has 1 heteroatoms. The molecule has 2 aliphatic rings. The van der Waals surface area contributed by atoms with E-state index in [1.165, 1.54) is 37.9 Å². The summed E-state index contributed by atoms with van der Waals surface area (Å²) in [6.07, 6.45) is 3.96. The molecule has 1 aromatic rings. The Labute approximate surface area is 105 Å². The predicted molar refractivity (Wildman–Crippen MR) is 72.5 cm³/mol. The Kier molecular flexibility index (Phi) is 2.55. The smallest absolute Gasteiger partial charge is 0.0121 e. The topological polar surface area (TPSA) is 3.24 Å². The summed E-state index contributed by atoms with van der Waals surface area (Å²) in [5.74, 6) is 0.881. The molecule has 1 aromatic carbocycles. The second kappa shape index (κ2) is 3.84. The molecular formula is C16H23N. The molecule has 1 aliphatic carbocycles. The van der Waals surface area contributed by atoms with Crippen LogP contribution >= 0.6 is 0 Å². The molecule has 0 spiro atoms. The second-order valence-electron chi connectivity index (χ2n) is 6.10. The number of hydrogen-bond acceptors (Lipinski definition) is 1. The van der Waals surface area contributed by atoms with Gasteiger partial charge in [0, 0.05) is 18.5 Å². The van der Waals surface area contributed by atoms with E-state index in [0.717, 1.165) is 5.92 Å². The minimum Gasteiger partial charge on any atom is -0.305 e. The summed E-state index contributed by atoms with van der Waals surface area (Å²) in [5.41, 5.74) is 5.16. The number of benzene rings is 1. The van der Waals surface area contributed by atoms with E-state index in [2.05, 4.69) is 44.0 Å². The maximum Gasteiger partial charge on any atom is 0.0121 e. The van der Waals surface area contributed by atoms with Crippen molar-refractivity contribution < 1.29 is 0 Å². The van der Waals surface area contributed by atoms with E-state index in [0.29, 0.717) is 5.41 Å². The lowest BCUT2D eigenvalue weighted by atomic mass is 9.63. The van der Waals surface area contributed by atoms with Gasteiger partial charge in [0.25, 0.3) is 0 Å². The number of aryl methyl sites for hydroxylation is 2. The number of fused-ring (bicyclic) bond motifs is 3. The summed E-state index contributed by atoms with van der Waals surface area (Å²) >= 11 is 0. The Bertz CT molecular complexity index is 437. The number of nitrogens with zero attached hydrogens (tertiary/aromatic N) is 1. The Morgan fingerprint density at radius 1 is 1.41 bits per heavy atom. The van der Waals surface area contributed by atoms with E-state index < -0.39 is 0 Å². The molecule has 0 saturated carbocycles. The number of hydrogen-bond donors (Lipinski definition) is 0. The number of rotatable bonds is 1. The van der Waals surface area contributed by atoms with Crippen LogP contribution in [0, 0.1) is 12.8 Å². The highest BCUT2D eigenvalue weighted by Gasteiger charge is 2.47. The lowest BCUT2D eigenvalue weighted by molar-refractivity contribution is 0.290. The third-order valence-electron chi connectivity index (χ3n) is 5.06. The van der Waals surface area contributed by atoms with E-state index in [1.807, 2.05) is 0 Å². The molecular weight excluding hydrogens is 206 g/mol. The normalized spacial score (nSPS) is 32.3. The van der Waals surface area contributed by atoms with Crippen LogP contribution in [0.1, 0.15) is 36.5 Å². The van der Waals surface area contributed by atoms with Crippen molar-refractivity contribution in [2.24, 2.45) is 5.92 Å². The van der Waals surface area contributed by atoms with Crippen molar-refractivity contribution in [3.63, 3.8) is 0 Å². The first-order valence-corrected chi connectivity index (χ1v) is 6.94. The Morgan fingerprint density at radius 3 is 3.00 bits per heavy atom. The van der Waals surface area contributed by atoms with Crippen LogP contribution in [0.5, 0.6) is 0 Å². The molecule has 0 bridgehead atoms. The zero-order valence-electron chi connectivity index (χ0n) is 11.3. The average molecular weight is 229 g/mol. The molecule has 1 heterocycles. The third kappa shape index (κ3) is 1.55. The van der Waals surface area contributed by atoms with Gasteiger partial charge in [-0.15, -0.1) is 0 Å². The van der Waals surface area contributed by atoms with Crippen molar-refractivity contribution in [2.75, 3.05) is 20.1 Å². The van der Waals surface area contributed by atoms with Gasteiger partial charge in [-0.25, -0.2) is 0 Å². The van der Waals surface area contributed by atoms with Crippen molar-refractivity contribution in [3.8, 4) is 0 Å². The molecule has 1 saturated heterocycles. The summed E-state index contributed by atoms with van der Waals surface area (Å²) in [4.78, 5) is 2.53. The van der Waals surface area contributed by atoms with Crippen molar-refractivity contribution in [1.82, 2.24) is 4.90 Å². The van der Waals surface area contributed by atoms with Gasteiger partial charge in [0.15, 0.2) is 0 Å². The Hall–Kier alpha value is -0.820. The first-order valence-electron chi connectivity index (χ1n) is 6.94. The molecule has 0 amide bonds. The maximum atomic E-state index is 2.53. The molecule has 1 aliphatic heterocycles. The predicted octanol–water partition coefficient (Wildman–Crippen LogP) is 3.15. The highest BCUT2D eigenvalue weighted by Crippen LogP contribution is 2.48. The molecule has 2 atom stereocenters. The lowest BCUT2D eigenvalue weighted by Crippen LogP contribution is -2.38. The molecule has 1 nitrogen and oxygen atoms in total. The van der Waals surface area contributed by atoms with E-state index in [4.69, 9.17) is 0 Å². The summed E-state index contributed by atoms with van der Waals surface area (Å²) in [5, 5.41) is 0. The van der Waals surface area contributed by atoms with Gasteiger partial charge in [0.05, 0.1) is 0 Å². The second-order valence-corrected chi connectivity index (χ2v) is 6.10. The summed E-state index contributed by atoms with van der Waals surface area (Å²) in [6.45, 7) is 7.15. The summed E-state index contributed by atoms with van der Waals surface area (Å²) in [6, 6.07) is 7.11. The molecule has 92 valence electrons. The van der Waals surface area contributed by atoms with Crippen molar-refractivity contribution >= 4 is 0 Å². The van der Waals surface area contributed by atoms with Gasteiger partial charge >= 0.3 is 0 Å². The fraction of sp³-hybridized carbons (Fsp3) is 0.625. The quantitative estimate of drug-likeness (QED) is 0.715. The maximum absolute atomic E-state index is 2.53. The first kappa shape index (κ1) is 11.3. The largest absolute Gasteiger partial charge is 0.305 e. The first-order chi connectivity index (χ1) is 8.15. The molecule has 1 fully saturated rings. The van der Waals surface area contributed by atoms with Gasteiger partial charge in [0.2, 0.25) is 0 Å². The SMILES string of the molecule is CC[C@]12CN(C)CC1CCc1ccc(C)cc12. The molecule has 0 radical (unpaired) electrons. The summed E-state index contributed by atoms with van der Waals surface area (Å²) < 4.78 is 0. The van der Waals surface area contributed by atoms with Crippen LogP contribution < -0.4 is 0 Å². The standard InChI is InChI=1S/C16H23N/c1-4-16-11-17(3)10-14(16)8-7-13-6-5-12(2)9-15(13)16/h5-6,9,14H,4,7-8,10-11H2,1-3H3/t14?,16-/m0/s1. The zero-order valence-corrected chi connectivity index (χ0v) is 11.3. The highest BCUT2D eigenvalue weighted by atomic mass is 15.1. The lowest BCUT2D eigenvalue weighted by Gasteiger charge is -2.40. The van der Waals surface area contributed by atoms with E-state index in [1.54, 1.807) is 11.1 Å². The van der Waals surface area contributed by atoms with Gasteiger partial charge in [-0.05, 0) is 50.3 Å². The van der Waals surface area contributed by atoms with Crippen LogP contribution in [-0.2, 0) is 11.8 Å². The molecule has 17 heavy (non-hydrogen) atoms. The van der Waals surface area contributed by atoms with Crippen molar-refractivity contribution in [1.29, 1.82) is 0 Å². The van der Waals surface area contributed by atoms with Gasteiger partial charge in [-0.1, -0.05) is 30.7 Å². The summed E-state index contributed by atoms with van der Waals surface area (Å²) in [7, 11) is 2.28. The van der Waals surface area contributed by atoms with Gasteiger partial charge in [0.1, 0.15) is 0 Å². The van der Waals surface area contributed by atoms with Crippen LogP contribution in [0.3, 0.4) is 0 Å². The number of likely N-dealkylation sites (N-methyl/N-ethyl adjacent to an activating group) is 1.